The lowest BCUT2D eigenvalue weighted by Gasteiger charge is -2.31. The van der Waals surface area contributed by atoms with Crippen molar-refractivity contribution in [3.63, 3.8) is 0 Å². The van der Waals surface area contributed by atoms with Crippen LogP contribution in [0.1, 0.15) is 29.2 Å². The number of rotatable bonds is 5. The summed E-state index contributed by atoms with van der Waals surface area (Å²) in [5.74, 6) is -0.306. The molecule has 150 valence electrons. The molecule has 29 heavy (non-hydrogen) atoms. The van der Waals surface area contributed by atoms with Crippen molar-refractivity contribution in [2.45, 2.75) is 32.0 Å². The second kappa shape index (κ2) is 8.27. The maximum absolute atomic E-state index is 12.9. The highest BCUT2D eigenvalue weighted by molar-refractivity contribution is 6.31. The molecule has 2 amide bonds. The first-order valence-corrected chi connectivity index (χ1v) is 9.99. The van der Waals surface area contributed by atoms with Crippen molar-refractivity contribution >= 4 is 23.4 Å². The molecule has 1 fully saturated rings. The number of hydrogen-bond donors (Lipinski definition) is 2. The molecule has 2 heterocycles. The molecule has 2 aliphatic rings. The Kier molecular flexibility index (Phi) is 5.56. The molecule has 0 bridgehead atoms. The van der Waals surface area contributed by atoms with E-state index in [2.05, 4.69) is 41.9 Å². The molecule has 2 unspecified atom stereocenters. The predicted molar refractivity (Wildman–Crippen MR) is 111 cm³/mol. The van der Waals surface area contributed by atoms with Gasteiger partial charge in [0.05, 0.1) is 6.04 Å². The van der Waals surface area contributed by atoms with Crippen LogP contribution < -0.4 is 10.7 Å². The SMILES string of the molecule is Cc1ccc(C2CC3C(=O)N(CC(=O)NCc4ccccc4Cl)C=CN3N2)cc1. The minimum atomic E-state index is -0.317. The minimum Gasteiger partial charge on any atom is -0.350 e. The highest BCUT2D eigenvalue weighted by Gasteiger charge is 2.40. The first-order valence-electron chi connectivity index (χ1n) is 9.61. The van der Waals surface area contributed by atoms with Gasteiger partial charge < -0.3 is 15.2 Å². The Bertz CT molecular complexity index is 944. The molecule has 0 radical (unpaired) electrons. The molecule has 0 spiro atoms. The van der Waals surface area contributed by atoms with Crippen LogP contribution in [-0.4, -0.2) is 34.3 Å². The molecule has 2 aromatic rings. The second-order valence-electron chi connectivity index (χ2n) is 7.38. The number of nitrogens with one attached hydrogen (secondary N) is 2. The molecule has 0 aliphatic carbocycles. The lowest BCUT2D eigenvalue weighted by atomic mass is 10.00. The minimum absolute atomic E-state index is 0.0146. The van der Waals surface area contributed by atoms with Crippen molar-refractivity contribution in [3.05, 3.63) is 82.6 Å². The predicted octanol–water partition coefficient (Wildman–Crippen LogP) is 2.90. The monoisotopic (exact) mass is 410 g/mol. The van der Waals surface area contributed by atoms with Crippen molar-refractivity contribution in [2.75, 3.05) is 6.54 Å². The Labute approximate surface area is 175 Å². The molecular weight excluding hydrogens is 388 g/mol. The van der Waals surface area contributed by atoms with E-state index in [4.69, 9.17) is 11.6 Å². The zero-order valence-corrected chi connectivity index (χ0v) is 16.9. The average molecular weight is 411 g/mol. The number of amides is 2. The van der Waals surface area contributed by atoms with Crippen LogP contribution in [0.3, 0.4) is 0 Å². The summed E-state index contributed by atoms with van der Waals surface area (Å²) in [6, 6.07) is 15.4. The van der Waals surface area contributed by atoms with Crippen molar-refractivity contribution in [2.24, 2.45) is 0 Å². The number of hydrogen-bond acceptors (Lipinski definition) is 4. The summed E-state index contributed by atoms with van der Waals surface area (Å²) in [6.07, 6.45) is 4.13. The Balaban J connectivity index is 1.35. The molecular formula is C22H23ClN4O2. The standard InChI is InChI=1S/C22H23ClN4O2/c1-15-6-8-16(9-7-15)19-12-20-22(29)26(10-11-27(20)25-19)14-21(28)24-13-17-4-2-3-5-18(17)23/h2-11,19-20,25H,12-14H2,1H3,(H,24,28). The van der Waals surface area contributed by atoms with E-state index in [-0.39, 0.29) is 30.4 Å². The van der Waals surface area contributed by atoms with Crippen LogP contribution in [0, 0.1) is 6.92 Å². The largest absolute Gasteiger partial charge is 0.350 e. The summed E-state index contributed by atoms with van der Waals surface area (Å²) in [5.41, 5.74) is 6.56. The van der Waals surface area contributed by atoms with Crippen LogP contribution in [0.25, 0.3) is 0 Å². The number of benzene rings is 2. The molecule has 1 saturated heterocycles. The van der Waals surface area contributed by atoms with E-state index in [1.807, 2.05) is 29.4 Å². The number of nitrogens with zero attached hydrogens (tertiary/aromatic N) is 2. The first kappa shape index (κ1) is 19.5. The fourth-order valence-electron chi connectivity index (χ4n) is 3.63. The van der Waals surface area contributed by atoms with Gasteiger partial charge in [0.2, 0.25) is 5.91 Å². The first-order chi connectivity index (χ1) is 14.0. The highest BCUT2D eigenvalue weighted by atomic mass is 35.5. The van der Waals surface area contributed by atoms with Gasteiger partial charge in [-0.25, -0.2) is 5.43 Å². The lowest BCUT2D eigenvalue weighted by Crippen LogP contribution is -2.50. The van der Waals surface area contributed by atoms with E-state index >= 15 is 0 Å². The van der Waals surface area contributed by atoms with Gasteiger partial charge in [-0.15, -0.1) is 0 Å². The maximum Gasteiger partial charge on any atom is 0.251 e. The third kappa shape index (κ3) is 4.28. The fraction of sp³-hybridized carbons (Fsp3) is 0.273. The summed E-state index contributed by atoms with van der Waals surface area (Å²) in [7, 11) is 0. The van der Waals surface area contributed by atoms with E-state index in [1.165, 1.54) is 10.5 Å². The topological polar surface area (TPSA) is 64.7 Å². The lowest BCUT2D eigenvalue weighted by molar-refractivity contribution is -0.138. The molecule has 0 saturated carbocycles. The van der Waals surface area contributed by atoms with Crippen LogP contribution in [0.15, 0.2) is 60.9 Å². The van der Waals surface area contributed by atoms with Crippen LogP contribution in [0.4, 0.5) is 0 Å². The number of fused-ring (bicyclic) bond motifs is 1. The number of hydrazine groups is 1. The molecule has 7 heteroatoms. The molecule has 2 aliphatic heterocycles. The van der Waals surface area contributed by atoms with Gasteiger partial charge >= 0.3 is 0 Å². The molecule has 6 nitrogen and oxygen atoms in total. The van der Waals surface area contributed by atoms with E-state index in [1.54, 1.807) is 12.3 Å². The van der Waals surface area contributed by atoms with Gasteiger partial charge in [-0.1, -0.05) is 59.6 Å². The summed E-state index contributed by atoms with van der Waals surface area (Å²) < 4.78 is 0. The summed E-state index contributed by atoms with van der Waals surface area (Å²) in [4.78, 5) is 26.7. The van der Waals surface area contributed by atoms with Crippen molar-refractivity contribution in [3.8, 4) is 0 Å². The van der Waals surface area contributed by atoms with Crippen molar-refractivity contribution in [1.82, 2.24) is 20.7 Å². The summed E-state index contributed by atoms with van der Waals surface area (Å²) >= 11 is 6.12. The molecule has 2 atom stereocenters. The highest BCUT2D eigenvalue weighted by Crippen LogP contribution is 2.30. The second-order valence-corrected chi connectivity index (χ2v) is 7.79. The van der Waals surface area contributed by atoms with Gasteiger partial charge in [0.25, 0.3) is 5.91 Å². The fourth-order valence-corrected chi connectivity index (χ4v) is 3.83. The Morgan fingerprint density at radius 1 is 1.17 bits per heavy atom. The quantitative estimate of drug-likeness (QED) is 0.795. The number of carbonyl (C=O) groups excluding carboxylic acids is 2. The van der Waals surface area contributed by atoms with Gasteiger partial charge in [0.1, 0.15) is 12.6 Å². The van der Waals surface area contributed by atoms with E-state index in [0.29, 0.717) is 18.0 Å². The number of aryl methyl sites for hydroxylation is 1. The molecule has 2 aromatic carbocycles. The van der Waals surface area contributed by atoms with Gasteiger partial charge in [-0.2, -0.15) is 0 Å². The zero-order chi connectivity index (χ0) is 20.4. The van der Waals surface area contributed by atoms with Gasteiger partial charge in [-0.05, 0) is 30.5 Å². The van der Waals surface area contributed by atoms with Gasteiger partial charge in [-0.3, -0.25) is 9.59 Å². The molecule has 4 rings (SSSR count). The van der Waals surface area contributed by atoms with Gasteiger partial charge in [0.15, 0.2) is 0 Å². The van der Waals surface area contributed by atoms with Crippen LogP contribution in [-0.2, 0) is 16.1 Å². The average Bonchev–Trinajstić information content (AvgIpc) is 3.15. The van der Waals surface area contributed by atoms with E-state index in [0.717, 1.165) is 11.1 Å². The van der Waals surface area contributed by atoms with Crippen molar-refractivity contribution < 1.29 is 9.59 Å². The Morgan fingerprint density at radius 3 is 2.69 bits per heavy atom. The zero-order valence-electron chi connectivity index (χ0n) is 16.1. The third-order valence-electron chi connectivity index (χ3n) is 5.30. The smallest absolute Gasteiger partial charge is 0.251 e. The van der Waals surface area contributed by atoms with Crippen LogP contribution in [0.5, 0.6) is 0 Å². The van der Waals surface area contributed by atoms with Crippen LogP contribution in [0.2, 0.25) is 5.02 Å². The third-order valence-corrected chi connectivity index (χ3v) is 5.67. The Morgan fingerprint density at radius 2 is 1.93 bits per heavy atom. The van der Waals surface area contributed by atoms with Crippen LogP contribution >= 0.6 is 11.6 Å². The normalized spacial score (nSPS) is 20.7. The number of carbonyl (C=O) groups is 2. The number of halogens is 1. The maximum atomic E-state index is 12.9. The summed E-state index contributed by atoms with van der Waals surface area (Å²) in [5, 5.41) is 5.27. The Hall–Kier alpha value is -2.83. The van der Waals surface area contributed by atoms with Gasteiger partial charge in [0, 0.05) is 24.0 Å². The van der Waals surface area contributed by atoms with Crippen molar-refractivity contribution in [1.29, 1.82) is 0 Å². The van der Waals surface area contributed by atoms with E-state index < -0.39 is 0 Å². The molecule has 2 N–H and O–H groups in total. The molecule has 0 aromatic heterocycles. The van der Waals surface area contributed by atoms with E-state index in [9.17, 15) is 9.59 Å². The summed E-state index contributed by atoms with van der Waals surface area (Å²) in [6.45, 7) is 2.37.